The molecule has 34 heavy (non-hydrogen) atoms. The maximum Gasteiger partial charge on any atom is 0.407 e. The molecule has 1 fully saturated rings. The van der Waals surface area contributed by atoms with Crippen LogP contribution in [-0.4, -0.2) is 55.5 Å². The third-order valence-electron chi connectivity index (χ3n) is 6.67. The molecular weight excluding hydrogens is 453 g/mol. The number of carbonyl (C=O) groups is 1. The molecule has 0 saturated carbocycles. The van der Waals surface area contributed by atoms with E-state index in [1.54, 1.807) is 10.9 Å². The standard InChI is InChI=1S/C24H40FN5O3Si/c1-23(2,3)33-22(31)28-16-9-10-29(15-16)21-17-14-27-30(20(17)18(25)13-19(21)26)11-12-32-34(7,8)24(4,5)6/h13-14,16H,9-12,15,26H2,1-8H3,(H,28,31)/t16-/m1/s1. The number of aromatic nitrogens is 2. The van der Waals surface area contributed by atoms with Gasteiger partial charge in [0.15, 0.2) is 14.1 Å². The van der Waals surface area contributed by atoms with E-state index in [9.17, 15) is 9.18 Å². The van der Waals surface area contributed by atoms with Crippen molar-refractivity contribution >= 4 is 36.7 Å². The van der Waals surface area contributed by atoms with Gasteiger partial charge in [-0.25, -0.2) is 9.18 Å². The number of nitrogens with two attached hydrogens (primary N) is 1. The van der Waals surface area contributed by atoms with Gasteiger partial charge in [-0.2, -0.15) is 5.10 Å². The lowest BCUT2D eigenvalue weighted by Crippen LogP contribution is -2.41. The molecule has 3 N–H and O–H groups in total. The van der Waals surface area contributed by atoms with Crippen LogP contribution in [0.1, 0.15) is 48.0 Å². The van der Waals surface area contributed by atoms with Gasteiger partial charge >= 0.3 is 6.09 Å². The van der Waals surface area contributed by atoms with Crippen molar-refractivity contribution < 1.29 is 18.3 Å². The predicted molar refractivity (Wildman–Crippen MR) is 137 cm³/mol. The summed E-state index contributed by atoms with van der Waals surface area (Å²) in [7, 11) is -1.90. The maximum absolute atomic E-state index is 15.0. The van der Waals surface area contributed by atoms with Gasteiger partial charge in [-0.15, -0.1) is 0 Å². The number of rotatable bonds is 6. The fourth-order valence-electron chi connectivity index (χ4n) is 3.92. The third kappa shape index (κ3) is 5.83. The van der Waals surface area contributed by atoms with Gasteiger partial charge in [0.2, 0.25) is 0 Å². The SMILES string of the molecule is CC(C)(C)OC(=O)N[C@@H]1CCN(c2c(N)cc(F)c3c2cnn3CCO[Si](C)(C)C(C)(C)C)C1. The fourth-order valence-corrected chi connectivity index (χ4v) is 4.96. The molecule has 1 aliphatic rings. The van der Waals surface area contributed by atoms with E-state index < -0.39 is 25.8 Å². The van der Waals surface area contributed by atoms with E-state index in [0.717, 1.165) is 12.1 Å². The first-order chi connectivity index (χ1) is 15.6. The maximum atomic E-state index is 15.0. The second-order valence-electron chi connectivity index (χ2n) is 11.6. The molecule has 1 amide bonds. The van der Waals surface area contributed by atoms with Crippen molar-refractivity contribution in [2.45, 2.75) is 84.3 Å². The molecule has 0 aliphatic carbocycles. The molecule has 8 nitrogen and oxygen atoms in total. The summed E-state index contributed by atoms with van der Waals surface area (Å²) in [5.41, 5.74) is 7.24. The number of alkyl carbamates (subject to hydrolysis) is 1. The van der Waals surface area contributed by atoms with Gasteiger partial charge in [0, 0.05) is 24.5 Å². The second-order valence-corrected chi connectivity index (χ2v) is 16.4. The largest absolute Gasteiger partial charge is 0.444 e. The van der Waals surface area contributed by atoms with Crippen LogP contribution in [0.5, 0.6) is 0 Å². The number of halogens is 1. The summed E-state index contributed by atoms with van der Waals surface area (Å²) < 4.78 is 28.3. The summed E-state index contributed by atoms with van der Waals surface area (Å²) in [5, 5.41) is 8.15. The molecule has 2 heterocycles. The first kappa shape index (κ1) is 26.3. The Morgan fingerprint density at radius 1 is 1.29 bits per heavy atom. The Balaban J connectivity index is 1.76. The van der Waals surface area contributed by atoms with Crippen LogP contribution in [-0.2, 0) is 15.7 Å². The first-order valence-electron chi connectivity index (χ1n) is 11.9. The zero-order valence-corrected chi connectivity index (χ0v) is 22.8. The van der Waals surface area contributed by atoms with Crippen LogP contribution in [0.15, 0.2) is 12.3 Å². The zero-order chi connectivity index (χ0) is 25.5. The number of nitrogens with zero attached hydrogens (tertiary/aromatic N) is 3. The number of anilines is 2. The molecule has 0 bridgehead atoms. The molecule has 0 radical (unpaired) electrons. The van der Waals surface area contributed by atoms with Crippen LogP contribution in [0.2, 0.25) is 18.1 Å². The highest BCUT2D eigenvalue weighted by molar-refractivity contribution is 6.74. The second kappa shape index (κ2) is 9.37. The lowest BCUT2D eigenvalue weighted by Gasteiger charge is -2.36. The van der Waals surface area contributed by atoms with E-state index in [-0.39, 0.29) is 11.1 Å². The molecule has 3 rings (SSSR count). The number of hydrogen-bond acceptors (Lipinski definition) is 6. The molecule has 2 aromatic rings. The van der Waals surface area contributed by atoms with E-state index in [1.165, 1.54) is 6.07 Å². The van der Waals surface area contributed by atoms with Crippen LogP contribution in [0.4, 0.5) is 20.6 Å². The summed E-state index contributed by atoms with van der Waals surface area (Å²) >= 11 is 0. The highest BCUT2D eigenvalue weighted by atomic mass is 28.4. The molecule has 0 unspecified atom stereocenters. The van der Waals surface area contributed by atoms with Crippen LogP contribution in [0, 0.1) is 5.82 Å². The topological polar surface area (TPSA) is 94.6 Å². The number of amides is 1. The van der Waals surface area contributed by atoms with Crippen molar-refractivity contribution in [1.82, 2.24) is 15.1 Å². The average Bonchev–Trinajstić information content (AvgIpc) is 3.27. The van der Waals surface area contributed by atoms with E-state index in [2.05, 4.69) is 49.2 Å². The molecule has 1 aromatic carbocycles. The van der Waals surface area contributed by atoms with Gasteiger partial charge in [0.1, 0.15) is 11.1 Å². The van der Waals surface area contributed by atoms with Gasteiger partial charge in [-0.1, -0.05) is 20.8 Å². The van der Waals surface area contributed by atoms with Gasteiger partial charge in [-0.3, -0.25) is 4.68 Å². The number of hydrogen-bond donors (Lipinski definition) is 2. The van der Waals surface area contributed by atoms with Gasteiger partial charge in [-0.05, 0) is 45.3 Å². The smallest absolute Gasteiger partial charge is 0.407 e. The highest BCUT2D eigenvalue weighted by Crippen LogP contribution is 2.38. The predicted octanol–water partition coefficient (Wildman–Crippen LogP) is 4.88. The minimum atomic E-state index is -1.90. The Morgan fingerprint density at radius 3 is 2.59 bits per heavy atom. The number of ether oxygens (including phenoxy) is 1. The van der Waals surface area contributed by atoms with Crippen molar-refractivity contribution in [2.24, 2.45) is 0 Å². The number of nitrogens with one attached hydrogen (secondary N) is 1. The fraction of sp³-hybridized carbons (Fsp3) is 0.667. The number of nitrogen functional groups attached to an aromatic ring is 1. The Labute approximate surface area is 203 Å². The van der Waals surface area contributed by atoms with Crippen molar-refractivity contribution in [2.75, 3.05) is 30.3 Å². The zero-order valence-electron chi connectivity index (χ0n) is 21.8. The van der Waals surface area contributed by atoms with Crippen LogP contribution in [0.3, 0.4) is 0 Å². The van der Waals surface area contributed by atoms with Crippen molar-refractivity contribution in [3.8, 4) is 0 Å². The van der Waals surface area contributed by atoms with E-state index in [0.29, 0.717) is 42.8 Å². The van der Waals surface area contributed by atoms with Crippen molar-refractivity contribution in [3.63, 3.8) is 0 Å². The molecule has 0 spiro atoms. The molecule has 190 valence electrons. The Bertz CT molecular complexity index is 1040. The summed E-state index contributed by atoms with van der Waals surface area (Å²) in [6.45, 7) is 18.6. The van der Waals surface area contributed by atoms with Crippen LogP contribution in [0.25, 0.3) is 10.9 Å². The van der Waals surface area contributed by atoms with Crippen LogP contribution >= 0.6 is 0 Å². The van der Waals surface area contributed by atoms with Gasteiger partial charge in [0.05, 0.1) is 36.8 Å². The van der Waals surface area contributed by atoms with Crippen molar-refractivity contribution in [3.05, 3.63) is 18.1 Å². The Hall–Kier alpha value is -2.33. The number of benzene rings is 1. The van der Waals surface area contributed by atoms with E-state index in [4.69, 9.17) is 14.9 Å². The van der Waals surface area contributed by atoms with Crippen LogP contribution < -0.4 is 16.0 Å². The highest BCUT2D eigenvalue weighted by Gasteiger charge is 2.37. The number of fused-ring (bicyclic) bond motifs is 1. The monoisotopic (exact) mass is 493 g/mol. The van der Waals surface area contributed by atoms with Gasteiger partial charge < -0.3 is 25.1 Å². The molecule has 10 heteroatoms. The minimum Gasteiger partial charge on any atom is -0.444 e. The lowest BCUT2D eigenvalue weighted by atomic mass is 10.1. The summed E-state index contributed by atoms with van der Waals surface area (Å²) in [5.74, 6) is -0.399. The first-order valence-corrected chi connectivity index (χ1v) is 14.8. The third-order valence-corrected chi connectivity index (χ3v) is 11.2. The Kier molecular flexibility index (Phi) is 7.24. The lowest BCUT2D eigenvalue weighted by molar-refractivity contribution is 0.0509. The van der Waals surface area contributed by atoms with E-state index >= 15 is 0 Å². The molecular formula is C24H40FN5O3Si. The molecule has 1 saturated heterocycles. The average molecular weight is 494 g/mol. The normalized spacial score (nSPS) is 17.4. The van der Waals surface area contributed by atoms with E-state index in [1.807, 2.05) is 20.8 Å². The summed E-state index contributed by atoms with van der Waals surface area (Å²) in [6.07, 6.45) is 1.98. The number of carbonyl (C=O) groups excluding carboxylic acids is 1. The summed E-state index contributed by atoms with van der Waals surface area (Å²) in [6, 6.07) is 1.28. The Morgan fingerprint density at radius 2 is 1.97 bits per heavy atom. The van der Waals surface area contributed by atoms with Gasteiger partial charge in [0.25, 0.3) is 0 Å². The van der Waals surface area contributed by atoms with Crippen molar-refractivity contribution in [1.29, 1.82) is 0 Å². The minimum absolute atomic E-state index is 0.0811. The summed E-state index contributed by atoms with van der Waals surface area (Å²) in [4.78, 5) is 14.3. The molecule has 1 aromatic heterocycles. The molecule has 1 atom stereocenters. The quantitative estimate of drug-likeness (QED) is 0.440. The molecule has 1 aliphatic heterocycles.